The Labute approximate surface area is 212 Å². The minimum absolute atomic E-state index is 0.0562. The summed E-state index contributed by atoms with van der Waals surface area (Å²) in [5.74, 6) is 6.23. The molecule has 3 N–H and O–H groups in total. The minimum Gasteiger partial charge on any atom is -0.404 e. The Morgan fingerprint density at radius 1 is 1.26 bits per heavy atom. The summed E-state index contributed by atoms with van der Waals surface area (Å²) in [6.45, 7) is 8.95. The van der Waals surface area contributed by atoms with Crippen LogP contribution in [0, 0.1) is 11.8 Å². The van der Waals surface area contributed by atoms with Gasteiger partial charge in [-0.15, -0.1) is 0 Å². The Balaban J connectivity index is 1.95. The van der Waals surface area contributed by atoms with Crippen LogP contribution in [-0.4, -0.2) is 65.9 Å². The maximum Gasteiger partial charge on any atom is 0.255 e. The van der Waals surface area contributed by atoms with Gasteiger partial charge in [-0.2, -0.15) is 0 Å². The first-order valence-corrected chi connectivity index (χ1v) is 11.9. The monoisotopic (exact) mass is 490 g/mol. The SMILES string of the molecule is C=C(/C=C\C(C#Cc1c(CC)ncnc1-c1ccc(C(=O)N2CCN(C)CC2)c(Cl)c1)=C/N)NC. The molecule has 0 aliphatic carbocycles. The van der Waals surface area contributed by atoms with Gasteiger partial charge in [0.1, 0.15) is 6.33 Å². The van der Waals surface area contributed by atoms with Gasteiger partial charge in [0.15, 0.2) is 0 Å². The second kappa shape index (κ2) is 12.2. The number of hydrogen-bond acceptors (Lipinski definition) is 6. The molecule has 7 nitrogen and oxygen atoms in total. The van der Waals surface area contributed by atoms with Crippen molar-refractivity contribution in [2.45, 2.75) is 13.3 Å². The number of allylic oxidation sites excluding steroid dienone is 3. The van der Waals surface area contributed by atoms with Gasteiger partial charge >= 0.3 is 0 Å². The Kier molecular flexibility index (Phi) is 9.07. The first kappa shape index (κ1) is 26.0. The summed E-state index contributed by atoms with van der Waals surface area (Å²) in [6, 6.07) is 5.40. The molecule has 1 aliphatic rings. The molecular formula is C27H31ClN6O. The van der Waals surface area contributed by atoms with Crippen LogP contribution < -0.4 is 11.1 Å². The molecule has 1 aliphatic heterocycles. The molecule has 1 aromatic heterocycles. The van der Waals surface area contributed by atoms with Gasteiger partial charge in [-0.05, 0) is 37.8 Å². The number of nitrogens with two attached hydrogens (primary N) is 1. The number of aryl methyl sites for hydroxylation is 1. The van der Waals surface area contributed by atoms with E-state index in [1.54, 1.807) is 31.3 Å². The molecule has 1 saturated heterocycles. The lowest BCUT2D eigenvalue weighted by Gasteiger charge is -2.32. The summed E-state index contributed by atoms with van der Waals surface area (Å²) in [4.78, 5) is 26.0. The highest BCUT2D eigenvalue weighted by molar-refractivity contribution is 6.34. The predicted molar refractivity (Wildman–Crippen MR) is 142 cm³/mol. The van der Waals surface area contributed by atoms with Crippen LogP contribution in [0.15, 0.2) is 60.7 Å². The second-order valence-electron chi connectivity index (χ2n) is 8.17. The van der Waals surface area contributed by atoms with Crippen LogP contribution in [0.3, 0.4) is 0 Å². The van der Waals surface area contributed by atoms with Crippen LogP contribution in [0.1, 0.15) is 28.5 Å². The number of piperazine rings is 1. The van der Waals surface area contributed by atoms with E-state index < -0.39 is 0 Å². The fourth-order valence-electron chi connectivity index (χ4n) is 3.60. The van der Waals surface area contributed by atoms with E-state index in [0.29, 0.717) is 46.9 Å². The Bertz CT molecular complexity index is 1220. The van der Waals surface area contributed by atoms with Crippen molar-refractivity contribution in [3.05, 3.63) is 82.6 Å². The lowest BCUT2D eigenvalue weighted by molar-refractivity contribution is 0.0664. The fraction of sp³-hybridized carbons (Fsp3) is 0.296. The quantitative estimate of drug-likeness (QED) is 0.477. The second-order valence-corrected chi connectivity index (χ2v) is 8.58. The number of halogens is 1. The van der Waals surface area contributed by atoms with Gasteiger partial charge in [-0.3, -0.25) is 4.79 Å². The molecule has 2 aromatic rings. The third-order valence-electron chi connectivity index (χ3n) is 5.82. The number of rotatable bonds is 6. The average Bonchev–Trinajstić information content (AvgIpc) is 2.88. The Hall–Kier alpha value is -3.60. The number of amides is 1. The van der Waals surface area contributed by atoms with Gasteiger partial charge in [-0.1, -0.05) is 43.0 Å². The number of likely N-dealkylation sites (N-methyl/N-ethyl adjacent to an activating group) is 2. The van der Waals surface area contributed by atoms with Crippen molar-refractivity contribution in [3.8, 4) is 23.1 Å². The van der Waals surface area contributed by atoms with E-state index in [0.717, 1.165) is 30.0 Å². The molecule has 8 heteroatoms. The van der Waals surface area contributed by atoms with Gasteiger partial charge in [-0.25, -0.2) is 9.97 Å². The first-order chi connectivity index (χ1) is 16.9. The number of carbonyl (C=O) groups excluding carboxylic acids is 1. The van der Waals surface area contributed by atoms with Crippen LogP contribution in [0.5, 0.6) is 0 Å². The van der Waals surface area contributed by atoms with E-state index in [2.05, 4.69) is 45.7 Å². The highest BCUT2D eigenvalue weighted by atomic mass is 35.5. The number of benzene rings is 1. The number of carbonyl (C=O) groups is 1. The molecule has 0 bridgehead atoms. The maximum atomic E-state index is 13.0. The zero-order valence-corrected chi connectivity index (χ0v) is 21.2. The number of nitrogens with zero attached hydrogens (tertiary/aromatic N) is 4. The zero-order valence-electron chi connectivity index (χ0n) is 20.4. The van der Waals surface area contributed by atoms with E-state index in [4.69, 9.17) is 17.3 Å². The van der Waals surface area contributed by atoms with Crippen LogP contribution >= 0.6 is 11.6 Å². The fourth-order valence-corrected chi connectivity index (χ4v) is 3.86. The zero-order chi connectivity index (χ0) is 25.4. The van der Waals surface area contributed by atoms with Gasteiger partial charge in [0.25, 0.3) is 5.91 Å². The van der Waals surface area contributed by atoms with Crippen LogP contribution in [0.25, 0.3) is 11.3 Å². The summed E-state index contributed by atoms with van der Waals surface area (Å²) >= 11 is 6.60. The molecule has 3 rings (SSSR count). The van der Waals surface area contributed by atoms with Crippen molar-refractivity contribution in [2.75, 3.05) is 40.3 Å². The Morgan fingerprint density at radius 2 is 2.00 bits per heavy atom. The smallest absolute Gasteiger partial charge is 0.255 e. The molecule has 0 atom stereocenters. The first-order valence-electron chi connectivity index (χ1n) is 11.5. The van der Waals surface area contributed by atoms with Gasteiger partial charge < -0.3 is 20.9 Å². The molecule has 1 amide bonds. The van der Waals surface area contributed by atoms with Crippen molar-refractivity contribution >= 4 is 17.5 Å². The number of nitrogens with one attached hydrogen (secondary N) is 1. The molecule has 0 radical (unpaired) electrons. The van der Waals surface area contributed by atoms with Gasteiger partial charge in [0.05, 0.1) is 27.5 Å². The van der Waals surface area contributed by atoms with Gasteiger partial charge in [0, 0.05) is 56.3 Å². The average molecular weight is 491 g/mol. The van der Waals surface area contributed by atoms with E-state index in [9.17, 15) is 4.79 Å². The molecular weight excluding hydrogens is 460 g/mol. The molecule has 0 spiro atoms. The standard InChI is InChI=1S/C27H31ClN6O/c1-5-25-23(10-8-20(17-29)7-6-19(2)30-3)26(32-18-31-25)21-9-11-22(24(28)16-21)27(35)34-14-12-33(4)13-15-34/h6-7,9,11,16-18,30H,2,5,12-15,29H2,1,3-4H3/b7-6-,20-17+. The minimum atomic E-state index is -0.0562. The van der Waals surface area contributed by atoms with Gasteiger partial charge in [0.2, 0.25) is 0 Å². The highest BCUT2D eigenvalue weighted by Gasteiger charge is 2.23. The molecule has 0 saturated carbocycles. The normalized spacial score (nSPS) is 14.5. The molecule has 35 heavy (non-hydrogen) atoms. The molecule has 0 unspecified atom stereocenters. The lowest BCUT2D eigenvalue weighted by Crippen LogP contribution is -2.47. The molecule has 182 valence electrons. The predicted octanol–water partition coefficient (Wildman–Crippen LogP) is 3.23. The van der Waals surface area contributed by atoms with Crippen molar-refractivity contribution in [1.29, 1.82) is 0 Å². The largest absolute Gasteiger partial charge is 0.404 e. The summed E-state index contributed by atoms with van der Waals surface area (Å²) in [7, 11) is 3.85. The number of aromatic nitrogens is 2. The van der Waals surface area contributed by atoms with E-state index in [1.165, 1.54) is 12.5 Å². The van der Waals surface area contributed by atoms with Crippen molar-refractivity contribution in [2.24, 2.45) is 5.73 Å². The molecule has 2 heterocycles. The van der Waals surface area contributed by atoms with E-state index >= 15 is 0 Å². The highest BCUT2D eigenvalue weighted by Crippen LogP contribution is 2.28. The number of hydrogen-bond donors (Lipinski definition) is 2. The van der Waals surface area contributed by atoms with Crippen LogP contribution in [-0.2, 0) is 6.42 Å². The maximum absolute atomic E-state index is 13.0. The summed E-state index contributed by atoms with van der Waals surface area (Å²) < 4.78 is 0. The molecule has 1 aromatic carbocycles. The molecule has 1 fully saturated rings. The van der Waals surface area contributed by atoms with E-state index in [1.807, 2.05) is 17.9 Å². The summed E-state index contributed by atoms with van der Waals surface area (Å²) in [6.07, 6.45) is 7.23. The third kappa shape index (κ3) is 6.50. The van der Waals surface area contributed by atoms with E-state index in [-0.39, 0.29) is 5.91 Å². The Morgan fingerprint density at radius 3 is 2.63 bits per heavy atom. The van der Waals surface area contributed by atoms with Crippen molar-refractivity contribution < 1.29 is 4.79 Å². The van der Waals surface area contributed by atoms with Crippen molar-refractivity contribution in [3.63, 3.8) is 0 Å². The lowest BCUT2D eigenvalue weighted by atomic mass is 10.0. The summed E-state index contributed by atoms with van der Waals surface area (Å²) in [5, 5.41) is 3.34. The van der Waals surface area contributed by atoms with Crippen LogP contribution in [0.4, 0.5) is 0 Å². The third-order valence-corrected chi connectivity index (χ3v) is 6.13. The van der Waals surface area contributed by atoms with Crippen molar-refractivity contribution in [1.82, 2.24) is 25.1 Å². The topological polar surface area (TPSA) is 87.4 Å². The summed E-state index contributed by atoms with van der Waals surface area (Å²) in [5.41, 5.74) is 10.6. The van der Waals surface area contributed by atoms with Crippen LogP contribution in [0.2, 0.25) is 5.02 Å².